The maximum absolute atomic E-state index is 12.0. The van der Waals surface area contributed by atoms with Gasteiger partial charge >= 0.3 is 0 Å². The molecule has 1 amide bonds. The molecule has 79 valence electrons. The number of carbonyl (C=O) groups excluding carboxylic acids is 1. The van der Waals surface area contributed by atoms with Crippen LogP contribution in [0, 0.1) is 12.3 Å². The molecule has 2 fully saturated rings. The highest BCUT2D eigenvalue weighted by Gasteiger charge is 2.26. The average molecular weight is 195 g/mol. The first-order valence-corrected chi connectivity index (χ1v) is 5.69. The van der Waals surface area contributed by atoms with Gasteiger partial charge < -0.3 is 10.2 Å². The highest BCUT2D eigenvalue weighted by atomic mass is 16.2. The van der Waals surface area contributed by atoms with E-state index >= 15 is 0 Å². The number of nitrogens with one attached hydrogen (secondary N) is 1. The number of hydrogen-bond acceptors (Lipinski definition) is 2. The van der Waals surface area contributed by atoms with Crippen LogP contribution in [0.4, 0.5) is 0 Å². The molecule has 3 heteroatoms. The van der Waals surface area contributed by atoms with E-state index in [2.05, 4.69) is 11.7 Å². The van der Waals surface area contributed by atoms with Crippen molar-refractivity contribution >= 4 is 5.91 Å². The van der Waals surface area contributed by atoms with Gasteiger partial charge in [0.2, 0.25) is 5.91 Å². The summed E-state index contributed by atoms with van der Waals surface area (Å²) in [6.45, 7) is 3.87. The molecule has 0 aromatic carbocycles. The van der Waals surface area contributed by atoms with Crippen molar-refractivity contribution in [3.05, 3.63) is 6.42 Å². The summed E-state index contributed by atoms with van der Waals surface area (Å²) in [6, 6.07) is 0. The van der Waals surface area contributed by atoms with Gasteiger partial charge in [-0.15, -0.1) is 0 Å². The fraction of sp³-hybridized carbons (Fsp3) is 0.818. The Morgan fingerprint density at radius 3 is 2.79 bits per heavy atom. The second-order valence-electron chi connectivity index (χ2n) is 4.24. The van der Waals surface area contributed by atoms with Crippen LogP contribution in [0.2, 0.25) is 0 Å². The Balaban J connectivity index is 1.85. The van der Waals surface area contributed by atoms with Crippen LogP contribution in [0.25, 0.3) is 0 Å². The van der Waals surface area contributed by atoms with E-state index in [9.17, 15) is 4.79 Å². The molecular formula is C11H19N2O. The van der Waals surface area contributed by atoms with Crippen LogP contribution >= 0.6 is 0 Å². The van der Waals surface area contributed by atoms with E-state index in [1.165, 1.54) is 6.42 Å². The van der Waals surface area contributed by atoms with Crippen LogP contribution in [0.5, 0.6) is 0 Å². The van der Waals surface area contributed by atoms with Crippen LogP contribution in [0.3, 0.4) is 0 Å². The standard InChI is InChI=1S/C11H19N2O/c14-11(10-4-6-12-7-5-10)13-8-2-1-3-9-13/h2,10,12H,1,3-9H2. The summed E-state index contributed by atoms with van der Waals surface area (Å²) in [6.07, 6.45) is 6.60. The van der Waals surface area contributed by atoms with E-state index in [-0.39, 0.29) is 0 Å². The van der Waals surface area contributed by atoms with Gasteiger partial charge in [-0.2, -0.15) is 0 Å². The summed E-state index contributed by atoms with van der Waals surface area (Å²) >= 11 is 0. The zero-order chi connectivity index (χ0) is 9.80. The molecule has 2 aliphatic heterocycles. The Labute approximate surface area is 85.8 Å². The fourth-order valence-electron chi connectivity index (χ4n) is 2.29. The minimum absolute atomic E-state index is 0.294. The Morgan fingerprint density at radius 2 is 2.14 bits per heavy atom. The Hall–Kier alpha value is -0.570. The molecule has 14 heavy (non-hydrogen) atoms. The number of likely N-dealkylation sites (tertiary alicyclic amines) is 1. The predicted molar refractivity (Wildman–Crippen MR) is 55.7 cm³/mol. The third-order valence-electron chi connectivity index (χ3n) is 3.19. The summed E-state index contributed by atoms with van der Waals surface area (Å²) in [5.41, 5.74) is 0. The average Bonchev–Trinajstić information content (AvgIpc) is 2.30. The van der Waals surface area contributed by atoms with Crippen molar-refractivity contribution in [2.24, 2.45) is 5.92 Å². The molecule has 0 unspecified atom stereocenters. The molecule has 0 aliphatic carbocycles. The van der Waals surface area contributed by atoms with Crippen molar-refractivity contribution in [2.75, 3.05) is 26.2 Å². The lowest BCUT2D eigenvalue weighted by molar-refractivity contribution is -0.136. The monoisotopic (exact) mass is 195 g/mol. The molecule has 1 N–H and O–H groups in total. The first kappa shape index (κ1) is 9.97. The molecule has 0 bridgehead atoms. The Kier molecular flexibility index (Phi) is 3.40. The molecule has 0 saturated carbocycles. The van der Waals surface area contributed by atoms with Crippen molar-refractivity contribution < 1.29 is 4.79 Å². The SMILES string of the molecule is O=C(C1CCNCC1)N1C[CH]CCC1. The molecule has 0 aromatic heterocycles. The van der Waals surface area contributed by atoms with Gasteiger partial charge in [-0.1, -0.05) is 0 Å². The normalized spacial score (nSPS) is 25.0. The Bertz CT molecular complexity index is 173. The number of rotatable bonds is 1. The van der Waals surface area contributed by atoms with Crippen molar-refractivity contribution in [1.82, 2.24) is 10.2 Å². The summed E-state index contributed by atoms with van der Waals surface area (Å²) in [5.74, 6) is 0.685. The van der Waals surface area contributed by atoms with Crippen molar-refractivity contribution in [2.45, 2.75) is 25.7 Å². The molecule has 0 spiro atoms. The number of piperidine rings is 2. The second kappa shape index (κ2) is 4.78. The van der Waals surface area contributed by atoms with Crippen LogP contribution < -0.4 is 5.32 Å². The van der Waals surface area contributed by atoms with Crippen molar-refractivity contribution in [1.29, 1.82) is 0 Å². The first-order chi connectivity index (χ1) is 6.88. The van der Waals surface area contributed by atoms with E-state index in [1.807, 2.05) is 4.90 Å². The van der Waals surface area contributed by atoms with Gasteiger partial charge in [-0.3, -0.25) is 4.79 Å². The van der Waals surface area contributed by atoms with Crippen LogP contribution in [0.15, 0.2) is 0 Å². The summed E-state index contributed by atoms with van der Waals surface area (Å²) in [5, 5.41) is 3.29. The summed E-state index contributed by atoms with van der Waals surface area (Å²) in [7, 11) is 0. The minimum Gasteiger partial charge on any atom is -0.342 e. The molecule has 2 rings (SSSR count). The fourth-order valence-corrected chi connectivity index (χ4v) is 2.29. The maximum atomic E-state index is 12.0. The molecule has 1 radical (unpaired) electrons. The van der Waals surface area contributed by atoms with Gasteiger partial charge in [0.05, 0.1) is 0 Å². The summed E-state index contributed by atoms with van der Waals surface area (Å²) < 4.78 is 0. The lowest BCUT2D eigenvalue weighted by Gasteiger charge is -2.32. The van der Waals surface area contributed by atoms with Gasteiger partial charge in [-0.05, 0) is 45.2 Å². The largest absolute Gasteiger partial charge is 0.342 e. The van der Waals surface area contributed by atoms with Gasteiger partial charge in [0.1, 0.15) is 0 Å². The number of nitrogens with zero attached hydrogens (tertiary/aromatic N) is 1. The quantitative estimate of drug-likeness (QED) is 0.671. The molecular weight excluding hydrogens is 176 g/mol. The lowest BCUT2D eigenvalue weighted by atomic mass is 9.95. The maximum Gasteiger partial charge on any atom is 0.225 e. The third kappa shape index (κ3) is 2.27. The lowest BCUT2D eigenvalue weighted by Crippen LogP contribution is -2.43. The van der Waals surface area contributed by atoms with Crippen LogP contribution in [0.1, 0.15) is 25.7 Å². The molecule has 2 aliphatic rings. The topological polar surface area (TPSA) is 32.3 Å². The second-order valence-corrected chi connectivity index (χ2v) is 4.24. The Morgan fingerprint density at radius 1 is 1.36 bits per heavy atom. The molecule has 2 heterocycles. The van der Waals surface area contributed by atoms with Gasteiger partial charge in [0.25, 0.3) is 0 Å². The highest BCUT2D eigenvalue weighted by molar-refractivity contribution is 5.79. The zero-order valence-electron chi connectivity index (χ0n) is 8.67. The van der Waals surface area contributed by atoms with E-state index < -0.39 is 0 Å². The first-order valence-electron chi connectivity index (χ1n) is 5.69. The van der Waals surface area contributed by atoms with E-state index in [4.69, 9.17) is 0 Å². The van der Waals surface area contributed by atoms with Gasteiger partial charge in [0, 0.05) is 19.0 Å². The van der Waals surface area contributed by atoms with Gasteiger partial charge in [-0.25, -0.2) is 0 Å². The number of carbonyl (C=O) groups is 1. The number of amides is 1. The van der Waals surface area contributed by atoms with Crippen molar-refractivity contribution in [3.8, 4) is 0 Å². The molecule has 0 atom stereocenters. The molecule has 3 nitrogen and oxygen atoms in total. The highest BCUT2D eigenvalue weighted by Crippen LogP contribution is 2.18. The molecule has 2 saturated heterocycles. The zero-order valence-corrected chi connectivity index (χ0v) is 8.67. The third-order valence-corrected chi connectivity index (χ3v) is 3.19. The van der Waals surface area contributed by atoms with Crippen LogP contribution in [-0.2, 0) is 4.79 Å². The molecule has 0 aromatic rings. The van der Waals surface area contributed by atoms with Crippen molar-refractivity contribution in [3.63, 3.8) is 0 Å². The van der Waals surface area contributed by atoms with E-state index in [0.29, 0.717) is 11.8 Å². The van der Waals surface area contributed by atoms with Gasteiger partial charge in [0.15, 0.2) is 0 Å². The predicted octanol–water partition coefficient (Wildman–Crippen LogP) is 0.813. The van der Waals surface area contributed by atoms with E-state index in [0.717, 1.165) is 45.4 Å². The number of hydrogen-bond donors (Lipinski definition) is 1. The summed E-state index contributed by atoms with van der Waals surface area (Å²) in [4.78, 5) is 14.1. The van der Waals surface area contributed by atoms with E-state index in [1.54, 1.807) is 0 Å². The smallest absolute Gasteiger partial charge is 0.225 e. The minimum atomic E-state index is 0.294. The van der Waals surface area contributed by atoms with Crippen LogP contribution in [-0.4, -0.2) is 37.0 Å².